The third-order valence-electron chi connectivity index (χ3n) is 3.02. The number of hydrogen-bond acceptors (Lipinski definition) is 3. The lowest BCUT2D eigenvalue weighted by molar-refractivity contribution is 0.0713. The molecule has 1 aliphatic carbocycles. The number of amides is 1. The fourth-order valence-electron chi connectivity index (χ4n) is 2.07. The van der Waals surface area contributed by atoms with Crippen molar-refractivity contribution in [1.29, 1.82) is 0 Å². The highest BCUT2D eigenvalue weighted by Gasteiger charge is 2.25. The van der Waals surface area contributed by atoms with Crippen molar-refractivity contribution in [1.82, 2.24) is 10.3 Å². The number of carbonyl (C=O) groups is 1. The fourth-order valence-corrected chi connectivity index (χ4v) is 2.50. The summed E-state index contributed by atoms with van der Waals surface area (Å²) in [5.41, 5.74) is 0.366. The molecule has 1 fully saturated rings. The van der Waals surface area contributed by atoms with Crippen molar-refractivity contribution in [2.24, 2.45) is 0 Å². The van der Waals surface area contributed by atoms with Crippen LogP contribution in [0.3, 0.4) is 0 Å². The Bertz CT molecular complexity index is 411. The molecule has 1 aliphatic rings. The van der Waals surface area contributed by atoms with Gasteiger partial charge >= 0.3 is 0 Å². The first-order valence-corrected chi connectivity index (χ1v) is 6.57. The van der Waals surface area contributed by atoms with E-state index in [9.17, 15) is 9.90 Å². The maximum absolute atomic E-state index is 12.0. The number of aromatic nitrogens is 1. The first kappa shape index (κ1) is 12.5. The van der Waals surface area contributed by atoms with Crippen molar-refractivity contribution < 1.29 is 9.90 Å². The Kier molecular flexibility index (Phi) is 4.12. The maximum atomic E-state index is 12.0. The van der Waals surface area contributed by atoms with Gasteiger partial charge in [0.05, 0.1) is 12.1 Å². The zero-order valence-corrected chi connectivity index (χ0v) is 11.0. The molecule has 0 aliphatic heterocycles. The van der Waals surface area contributed by atoms with Crippen molar-refractivity contribution in [2.75, 3.05) is 0 Å². The number of rotatable bonds is 2. The Morgan fingerprint density at radius 2 is 2.24 bits per heavy atom. The van der Waals surface area contributed by atoms with Gasteiger partial charge in [-0.1, -0.05) is 12.8 Å². The van der Waals surface area contributed by atoms with Crippen LogP contribution in [0.25, 0.3) is 0 Å². The molecule has 1 heterocycles. The summed E-state index contributed by atoms with van der Waals surface area (Å²) in [7, 11) is 0. The Hall–Kier alpha value is -0.940. The number of hydrogen-bond donors (Lipinski definition) is 2. The molecule has 0 unspecified atom stereocenters. The third-order valence-corrected chi connectivity index (χ3v) is 3.66. The summed E-state index contributed by atoms with van der Waals surface area (Å²) in [6.07, 6.45) is 4.81. The molecule has 4 nitrogen and oxygen atoms in total. The molecule has 1 amide bonds. The molecule has 92 valence electrons. The Morgan fingerprint density at radius 3 is 2.94 bits per heavy atom. The van der Waals surface area contributed by atoms with Gasteiger partial charge in [-0.2, -0.15) is 0 Å². The predicted molar refractivity (Wildman–Crippen MR) is 67.7 cm³/mol. The average molecular weight is 299 g/mol. The van der Waals surface area contributed by atoms with Gasteiger partial charge in [-0.15, -0.1) is 0 Å². The molecule has 0 spiro atoms. The topological polar surface area (TPSA) is 62.2 Å². The quantitative estimate of drug-likeness (QED) is 0.876. The lowest BCUT2D eigenvalue weighted by Crippen LogP contribution is -2.45. The van der Waals surface area contributed by atoms with Gasteiger partial charge in [0.2, 0.25) is 0 Å². The van der Waals surface area contributed by atoms with E-state index in [-0.39, 0.29) is 11.9 Å². The number of carbonyl (C=O) groups excluding carboxylic acids is 1. The summed E-state index contributed by atoms with van der Waals surface area (Å²) < 4.78 is 0.669. The molecule has 0 aromatic carbocycles. The fraction of sp³-hybridized carbons (Fsp3) is 0.500. The van der Waals surface area contributed by atoms with Crippen molar-refractivity contribution in [3.05, 3.63) is 28.5 Å². The number of pyridine rings is 1. The zero-order valence-electron chi connectivity index (χ0n) is 9.40. The zero-order chi connectivity index (χ0) is 12.3. The normalized spacial score (nSPS) is 24.4. The van der Waals surface area contributed by atoms with Crippen LogP contribution in [-0.4, -0.2) is 28.1 Å². The summed E-state index contributed by atoms with van der Waals surface area (Å²) in [6, 6.07) is 3.39. The van der Waals surface area contributed by atoms with Crippen LogP contribution < -0.4 is 5.32 Å². The highest BCUT2D eigenvalue weighted by molar-refractivity contribution is 9.10. The van der Waals surface area contributed by atoms with E-state index in [1.807, 2.05) is 0 Å². The standard InChI is InChI=1S/C12H15BrN2O2/c13-8-4-3-7-14-11(8)12(17)15-9-5-1-2-6-10(9)16/h3-4,7,9-10,16H,1-2,5-6H2,(H,15,17)/t9-,10-/m1/s1. The van der Waals surface area contributed by atoms with Crippen LogP contribution in [0.15, 0.2) is 22.8 Å². The van der Waals surface area contributed by atoms with Crippen LogP contribution in [0, 0.1) is 0 Å². The lowest BCUT2D eigenvalue weighted by Gasteiger charge is -2.28. The monoisotopic (exact) mass is 298 g/mol. The van der Waals surface area contributed by atoms with Crippen LogP contribution in [0.1, 0.15) is 36.2 Å². The molecule has 17 heavy (non-hydrogen) atoms. The summed E-state index contributed by atoms with van der Waals surface area (Å²) in [5, 5.41) is 12.6. The number of nitrogens with zero attached hydrogens (tertiary/aromatic N) is 1. The van der Waals surface area contributed by atoms with Gasteiger partial charge in [-0.25, -0.2) is 4.98 Å². The van der Waals surface area contributed by atoms with E-state index in [0.29, 0.717) is 10.2 Å². The highest BCUT2D eigenvalue weighted by Crippen LogP contribution is 2.19. The summed E-state index contributed by atoms with van der Waals surface area (Å²) in [5.74, 6) is -0.233. The molecule has 0 radical (unpaired) electrons. The molecule has 0 saturated heterocycles. The minimum atomic E-state index is -0.435. The van der Waals surface area contributed by atoms with Crippen molar-refractivity contribution >= 4 is 21.8 Å². The van der Waals surface area contributed by atoms with E-state index in [2.05, 4.69) is 26.2 Å². The van der Waals surface area contributed by atoms with Gasteiger partial charge in [-0.3, -0.25) is 4.79 Å². The maximum Gasteiger partial charge on any atom is 0.271 e. The predicted octanol–water partition coefficient (Wildman–Crippen LogP) is 1.88. The Balaban J connectivity index is 2.04. The SMILES string of the molecule is O=C(N[C@@H]1CCCC[C@H]1O)c1ncccc1Br. The van der Waals surface area contributed by atoms with Gasteiger partial charge in [0, 0.05) is 10.7 Å². The second-order valence-electron chi connectivity index (χ2n) is 4.27. The van der Waals surface area contributed by atoms with E-state index in [1.165, 1.54) is 0 Å². The number of halogens is 1. The van der Waals surface area contributed by atoms with E-state index < -0.39 is 6.10 Å². The second kappa shape index (κ2) is 5.60. The molecule has 0 bridgehead atoms. The molecule has 1 aromatic rings. The molecular formula is C12H15BrN2O2. The molecule has 2 rings (SSSR count). The van der Waals surface area contributed by atoms with E-state index >= 15 is 0 Å². The van der Waals surface area contributed by atoms with Gasteiger partial charge in [0.25, 0.3) is 5.91 Å². The number of aliphatic hydroxyl groups is 1. The van der Waals surface area contributed by atoms with Gasteiger partial charge in [-0.05, 0) is 40.9 Å². The minimum Gasteiger partial charge on any atom is -0.391 e. The molecule has 2 N–H and O–H groups in total. The van der Waals surface area contributed by atoms with E-state index in [0.717, 1.165) is 25.7 Å². The van der Waals surface area contributed by atoms with Crippen LogP contribution in [0.2, 0.25) is 0 Å². The lowest BCUT2D eigenvalue weighted by atomic mass is 9.92. The molecule has 5 heteroatoms. The van der Waals surface area contributed by atoms with Gasteiger partial charge in [0.1, 0.15) is 5.69 Å². The first-order valence-electron chi connectivity index (χ1n) is 5.78. The van der Waals surface area contributed by atoms with Crippen LogP contribution in [-0.2, 0) is 0 Å². The second-order valence-corrected chi connectivity index (χ2v) is 5.12. The molecule has 1 saturated carbocycles. The smallest absolute Gasteiger partial charge is 0.271 e. The largest absolute Gasteiger partial charge is 0.391 e. The van der Waals surface area contributed by atoms with Crippen LogP contribution in [0.4, 0.5) is 0 Å². The Labute approximate surface area is 109 Å². The summed E-state index contributed by atoms with van der Waals surface area (Å²) in [4.78, 5) is 16.0. The minimum absolute atomic E-state index is 0.148. The highest BCUT2D eigenvalue weighted by atomic mass is 79.9. The number of nitrogens with one attached hydrogen (secondary N) is 1. The average Bonchev–Trinajstić information content (AvgIpc) is 2.32. The van der Waals surface area contributed by atoms with Crippen LogP contribution in [0.5, 0.6) is 0 Å². The van der Waals surface area contributed by atoms with Crippen molar-refractivity contribution in [3.8, 4) is 0 Å². The molecule has 2 atom stereocenters. The number of aliphatic hydroxyl groups excluding tert-OH is 1. The van der Waals surface area contributed by atoms with E-state index in [1.54, 1.807) is 18.3 Å². The first-order chi connectivity index (χ1) is 8.18. The van der Waals surface area contributed by atoms with E-state index in [4.69, 9.17) is 0 Å². The third kappa shape index (κ3) is 3.04. The van der Waals surface area contributed by atoms with Crippen molar-refractivity contribution in [2.45, 2.75) is 37.8 Å². The van der Waals surface area contributed by atoms with Gasteiger partial charge in [0.15, 0.2) is 0 Å². The van der Waals surface area contributed by atoms with Crippen LogP contribution >= 0.6 is 15.9 Å². The van der Waals surface area contributed by atoms with Gasteiger partial charge < -0.3 is 10.4 Å². The summed E-state index contributed by atoms with van der Waals surface area (Å²) >= 11 is 3.29. The summed E-state index contributed by atoms with van der Waals surface area (Å²) in [6.45, 7) is 0. The Morgan fingerprint density at radius 1 is 1.47 bits per heavy atom. The van der Waals surface area contributed by atoms with Crippen molar-refractivity contribution in [3.63, 3.8) is 0 Å². The molecular weight excluding hydrogens is 284 g/mol. The molecule has 1 aromatic heterocycles.